The fourth-order valence-electron chi connectivity index (χ4n) is 3.36. The molecule has 1 fully saturated rings. The lowest BCUT2D eigenvalue weighted by Gasteiger charge is -2.32. The van der Waals surface area contributed by atoms with Crippen molar-refractivity contribution in [3.8, 4) is 17.5 Å². The lowest BCUT2D eigenvalue weighted by atomic mass is 9.97. The maximum Gasteiger partial charge on any atom is 0.410 e. The molecule has 0 N–H and O–H groups in total. The minimum Gasteiger partial charge on any atom is -0.444 e. The van der Waals surface area contributed by atoms with Crippen LogP contribution in [0.25, 0.3) is 16.9 Å². The summed E-state index contributed by atoms with van der Waals surface area (Å²) < 4.78 is 12.6. The van der Waals surface area contributed by atoms with Crippen molar-refractivity contribution in [2.24, 2.45) is 0 Å². The second kappa shape index (κ2) is 7.20. The number of hydrogen-bond acceptors (Lipinski definition) is 7. The van der Waals surface area contributed by atoms with E-state index in [-0.39, 0.29) is 12.0 Å². The van der Waals surface area contributed by atoms with E-state index in [2.05, 4.69) is 21.2 Å². The van der Waals surface area contributed by atoms with E-state index in [1.807, 2.05) is 32.9 Å². The number of piperidine rings is 1. The van der Waals surface area contributed by atoms with Gasteiger partial charge in [0.25, 0.3) is 0 Å². The molecule has 0 unspecified atom stereocenters. The fraction of sp³-hybridized carbons (Fsp3) is 0.450. The molecule has 3 aromatic rings. The summed E-state index contributed by atoms with van der Waals surface area (Å²) in [6.45, 7) is 6.75. The van der Waals surface area contributed by atoms with Gasteiger partial charge in [0.2, 0.25) is 17.5 Å². The highest BCUT2D eigenvalue weighted by molar-refractivity contribution is 5.68. The molecule has 0 aliphatic carbocycles. The van der Waals surface area contributed by atoms with E-state index < -0.39 is 5.60 Å². The summed E-state index contributed by atoms with van der Waals surface area (Å²) in [5.41, 5.74) is 1.06. The Morgan fingerprint density at radius 3 is 2.76 bits per heavy atom. The van der Waals surface area contributed by atoms with Crippen molar-refractivity contribution in [3.05, 3.63) is 36.2 Å². The monoisotopic (exact) mass is 394 g/mol. The maximum atomic E-state index is 12.2. The van der Waals surface area contributed by atoms with Crippen molar-refractivity contribution in [1.29, 1.82) is 5.26 Å². The first-order valence-corrected chi connectivity index (χ1v) is 9.53. The highest BCUT2D eigenvalue weighted by Crippen LogP contribution is 2.29. The second-order valence-electron chi connectivity index (χ2n) is 8.10. The minimum atomic E-state index is -0.503. The smallest absolute Gasteiger partial charge is 0.410 e. The molecule has 0 atom stereocenters. The summed E-state index contributed by atoms with van der Waals surface area (Å²) in [5, 5.41) is 13.3. The molecular weight excluding hydrogens is 372 g/mol. The molecule has 0 radical (unpaired) electrons. The van der Waals surface area contributed by atoms with E-state index in [0.717, 1.165) is 23.9 Å². The Morgan fingerprint density at radius 2 is 2.07 bits per heavy atom. The summed E-state index contributed by atoms with van der Waals surface area (Å²) in [6.07, 6.45) is 4.60. The molecule has 0 spiro atoms. The second-order valence-corrected chi connectivity index (χ2v) is 8.10. The van der Waals surface area contributed by atoms with Crippen LogP contribution in [0.15, 0.2) is 29.0 Å². The number of rotatable bonds is 2. The summed E-state index contributed by atoms with van der Waals surface area (Å²) >= 11 is 0. The van der Waals surface area contributed by atoms with Crippen LogP contribution in [0.1, 0.15) is 51.2 Å². The van der Waals surface area contributed by atoms with Crippen LogP contribution in [0.4, 0.5) is 4.79 Å². The molecule has 29 heavy (non-hydrogen) atoms. The molecule has 9 nitrogen and oxygen atoms in total. The number of fused-ring (bicyclic) bond motifs is 1. The molecule has 1 amide bonds. The molecule has 1 aliphatic heterocycles. The number of pyridine rings is 1. The highest BCUT2D eigenvalue weighted by Gasteiger charge is 2.30. The number of amides is 1. The first kappa shape index (κ1) is 18.9. The van der Waals surface area contributed by atoms with Crippen LogP contribution in [-0.2, 0) is 4.74 Å². The topological polar surface area (TPSA) is 110 Å². The Kier molecular flexibility index (Phi) is 4.70. The van der Waals surface area contributed by atoms with E-state index in [9.17, 15) is 4.79 Å². The first-order chi connectivity index (χ1) is 13.8. The Morgan fingerprint density at radius 1 is 1.31 bits per heavy atom. The zero-order valence-corrected chi connectivity index (χ0v) is 16.6. The lowest BCUT2D eigenvalue weighted by Crippen LogP contribution is -2.41. The largest absolute Gasteiger partial charge is 0.444 e. The zero-order chi connectivity index (χ0) is 20.6. The lowest BCUT2D eigenvalue weighted by molar-refractivity contribution is 0.0198. The normalized spacial score (nSPS) is 15.4. The van der Waals surface area contributed by atoms with Gasteiger partial charge in [-0.15, -0.1) is 0 Å². The average molecular weight is 394 g/mol. The molecule has 1 aliphatic rings. The first-order valence-electron chi connectivity index (χ1n) is 9.53. The highest BCUT2D eigenvalue weighted by atomic mass is 16.6. The van der Waals surface area contributed by atoms with Gasteiger partial charge in [0.1, 0.15) is 11.7 Å². The zero-order valence-electron chi connectivity index (χ0n) is 16.6. The molecule has 1 saturated heterocycles. The van der Waals surface area contributed by atoms with Crippen molar-refractivity contribution < 1.29 is 14.1 Å². The standard InChI is InChI=1S/C20H22N6O3/c1-20(2,3)28-19(27)25-8-6-13(7-9-25)18-23-17(24-29-18)14-4-5-15-11-22-16(10-21)26(15)12-14/h4-5,11-13H,6-9H2,1-3H3. The Balaban J connectivity index is 1.45. The number of imidazole rings is 1. The fourth-order valence-corrected chi connectivity index (χ4v) is 3.36. The molecule has 4 rings (SSSR count). The number of ether oxygens (including phenoxy) is 1. The number of hydrogen-bond donors (Lipinski definition) is 0. The van der Waals surface area contributed by atoms with Gasteiger partial charge in [-0.2, -0.15) is 10.2 Å². The molecular formula is C20H22N6O3. The molecule has 0 saturated carbocycles. The molecule has 150 valence electrons. The van der Waals surface area contributed by atoms with Gasteiger partial charge in [-0.3, -0.25) is 4.40 Å². The molecule has 3 aromatic heterocycles. The van der Waals surface area contributed by atoms with Crippen LogP contribution in [0.2, 0.25) is 0 Å². The van der Waals surface area contributed by atoms with Crippen LogP contribution in [0.5, 0.6) is 0 Å². The summed E-state index contributed by atoms with van der Waals surface area (Å²) in [4.78, 5) is 22.5. The summed E-state index contributed by atoms with van der Waals surface area (Å²) in [7, 11) is 0. The predicted octanol–water partition coefficient (Wildman–Crippen LogP) is 3.37. The van der Waals surface area contributed by atoms with Crippen molar-refractivity contribution in [1.82, 2.24) is 24.4 Å². The van der Waals surface area contributed by atoms with Gasteiger partial charge < -0.3 is 14.2 Å². The van der Waals surface area contributed by atoms with Crippen LogP contribution in [-0.4, -0.2) is 49.2 Å². The average Bonchev–Trinajstić information content (AvgIpc) is 3.33. The molecule has 4 heterocycles. The van der Waals surface area contributed by atoms with Crippen molar-refractivity contribution in [2.45, 2.75) is 45.1 Å². The third-order valence-corrected chi connectivity index (χ3v) is 4.82. The van der Waals surface area contributed by atoms with Gasteiger partial charge >= 0.3 is 6.09 Å². The Bertz CT molecular complexity index is 1080. The van der Waals surface area contributed by atoms with E-state index in [0.29, 0.717) is 30.6 Å². The van der Waals surface area contributed by atoms with Crippen LogP contribution >= 0.6 is 0 Å². The SMILES string of the molecule is CC(C)(C)OC(=O)N1CCC(c2nc(-c3ccc4cnc(C#N)n4c3)no2)CC1. The van der Waals surface area contributed by atoms with E-state index in [4.69, 9.17) is 14.5 Å². The Hall–Kier alpha value is -3.41. The predicted molar refractivity (Wildman–Crippen MR) is 103 cm³/mol. The van der Waals surface area contributed by atoms with E-state index >= 15 is 0 Å². The number of carbonyl (C=O) groups is 1. The quantitative estimate of drug-likeness (QED) is 0.655. The van der Waals surface area contributed by atoms with Gasteiger partial charge in [-0.05, 0) is 45.7 Å². The Labute approximate surface area is 167 Å². The van der Waals surface area contributed by atoms with Crippen molar-refractivity contribution in [3.63, 3.8) is 0 Å². The number of carbonyl (C=O) groups excluding carboxylic acids is 1. The number of nitriles is 1. The van der Waals surface area contributed by atoms with Gasteiger partial charge in [0.15, 0.2) is 0 Å². The van der Waals surface area contributed by atoms with Crippen LogP contribution < -0.4 is 0 Å². The number of likely N-dealkylation sites (tertiary alicyclic amines) is 1. The summed E-state index contributed by atoms with van der Waals surface area (Å²) in [6, 6.07) is 5.79. The minimum absolute atomic E-state index is 0.0987. The van der Waals surface area contributed by atoms with Gasteiger partial charge in [-0.25, -0.2) is 9.78 Å². The van der Waals surface area contributed by atoms with E-state index in [1.54, 1.807) is 21.7 Å². The molecule has 9 heteroatoms. The maximum absolute atomic E-state index is 12.2. The van der Waals surface area contributed by atoms with E-state index in [1.165, 1.54) is 0 Å². The van der Waals surface area contributed by atoms with Gasteiger partial charge in [0.05, 0.1) is 11.7 Å². The molecule has 0 bridgehead atoms. The van der Waals surface area contributed by atoms with Crippen molar-refractivity contribution >= 4 is 11.6 Å². The molecule has 0 aromatic carbocycles. The number of nitrogens with zero attached hydrogens (tertiary/aromatic N) is 6. The van der Waals surface area contributed by atoms with Crippen LogP contribution in [0.3, 0.4) is 0 Å². The van der Waals surface area contributed by atoms with Crippen molar-refractivity contribution in [2.75, 3.05) is 13.1 Å². The third kappa shape index (κ3) is 3.92. The van der Waals surface area contributed by atoms with Gasteiger partial charge in [0, 0.05) is 30.8 Å². The van der Waals surface area contributed by atoms with Crippen LogP contribution in [0, 0.1) is 11.3 Å². The van der Waals surface area contributed by atoms with Gasteiger partial charge in [-0.1, -0.05) is 5.16 Å². The number of aromatic nitrogens is 4. The third-order valence-electron chi connectivity index (χ3n) is 4.82. The summed E-state index contributed by atoms with van der Waals surface area (Å²) in [5.74, 6) is 1.44.